The van der Waals surface area contributed by atoms with Crippen molar-refractivity contribution in [3.8, 4) is 0 Å². The van der Waals surface area contributed by atoms with E-state index >= 15 is 0 Å². The predicted molar refractivity (Wildman–Crippen MR) is 57.3 cm³/mol. The Morgan fingerprint density at radius 1 is 1.44 bits per heavy atom. The minimum Gasteiger partial charge on any atom is -0.368 e. The van der Waals surface area contributed by atoms with E-state index in [1.807, 2.05) is 0 Å². The SMILES string of the molecule is Cc1ccc(C(=O)N[C@H](C)C(N)=O)c(F)c1. The molecule has 0 bridgehead atoms. The van der Waals surface area contributed by atoms with Gasteiger partial charge in [-0.2, -0.15) is 0 Å². The molecule has 3 N–H and O–H groups in total. The van der Waals surface area contributed by atoms with Gasteiger partial charge in [-0.05, 0) is 31.5 Å². The maximum atomic E-state index is 13.4. The van der Waals surface area contributed by atoms with Crippen molar-refractivity contribution in [2.24, 2.45) is 5.73 Å². The number of hydrogen-bond acceptors (Lipinski definition) is 2. The second kappa shape index (κ2) is 4.74. The first-order valence-electron chi connectivity index (χ1n) is 4.78. The van der Waals surface area contributed by atoms with Gasteiger partial charge in [0.25, 0.3) is 5.91 Å². The zero-order valence-electron chi connectivity index (χ0n) is 9.08. The highest BCUT2D eigenvalue weighted by molar-refractivity contribution is 5.97. The number of nitrogens with one attached hydrogen (secondary N) is 1. The number of primary amides is 1. The van der Waals surface area contributed by atoms with Crippen LogP contribution in [0, 0.1) is 12.7 Å². The first-order valence-corrected chi connectivity index (χ1v) is 4.78. The van der Waals surface area contributed by atoms with Gasteiger partial charge in [-0.25, -0.2) is 4.39 Å². The highest BCUT2D eigenvalue weighted by Gasteiger charge is 2.16. The highest BCUT2D eigenvalue weighted by Crippen LogP contribution is 2.09. The molecule has 1 rings (SSSR count). The zero-order chi connectivity index (χ0) is 12.3. The van der Waals surface area contributed by atoms with Crippen LogP contribution in [-0.4, -0.2) is 17.9 Å². The van der Waals surface area contributed by atoms with Gasteiger partial charge >= 0.3 is 0 Å². The molecule has 0 saturated carbocycles. The van der Waals surface area contributed by atoms with Gasteiger partial charge in [0, 0.05) is 0 Å². The fraction of sp³-hybridized carbons (Fsp3) is 0.273. The topological polar surface area (TPSA) is 72.2 Å². The molecule has 1 aromatic carbocycles. The lowest BCUT2D eigenvalue weighted by atomic mass is 10.1. The zero-order valence-corrected chi connectivity index (χ0v) is 9.08. The Balaban J connectivity index is 2.85. The molecular formula is C11H13FN2O2. The minimum absolute atomic E-state index is 0.0984. The van der Waals surface area contributed by atoms with Crippen LogP contribution in [0.2, 0.25) is 0 Å². The first-order chi connectivity index (χ1) is 7.41. The van der Waals surface area contributed by atoms with Crippen molar-refractivity contribution in [1.29, 1.82) is 0 Å². The molecular weight excluding hydrogens is 211 g/mol. The summed E-state index contributed by atoms with van der Waals surface area (Å²) in [5.41, 5.74) is 5.60. The Morgan fingerprint density at radius 2 is 2.06 bits per heavy atom. The van der Waals surface area contributed by atoms with E-state index in [0.717, 1.165) is 5.56 Å². The summed E-state index contributed by atoms with van der Waals surface area (Å²) in [4.78, 5) is 22.3. The lowest BCUT2D eigenvalue weighted by Gasteiger charge is -2.10. The van der Waals surface area contributed by atoms with E-state index in [4.69, 9.17) is 5.73 Å². The van der Waals surface area contributed by atoms with Crippen molar-refractivity contribution in [2.45, 2.75) is 19.9 Å². The van der Waals surface area contributed by atoms with Crippen molar-refractivity contribution in [2.75, 3.05) is 0 Å². The van der Waals surface area contributed by atoms with Crippen LogP contribution in [0.4, 0.5) is 4.39 Å². The summed E-state index contributed by atoms with van der Waals surface area (Å²) in [7, 11) is 0. The molecule has 4 nitrogen and oxygen atoms in total. The highest BCUT2D eigenvalue weighted by atomic mass is 19.1. The number of nitrogens with two attached hydrogens (primary N) is 1. The number of rotatable bonds is 3. The molecule has 0 aliphatic heterocycles. The number of amides is 2. The van der Waals surface area contributed by atoms with E-state index in [1.54, 1.807) is 13.0 Å². The molecule has 1 aromatic rings. The van der Waals surface area contributed by atoms with Crippen molar-refractivity contribution in [3.05, 3.63) is 35.1 Å². The van der Waals surface area contributed by atoms with Gasteiger partial charge in [0.15, 0.2) is 0 Å². The molecule has 1 atom stereocenters. The normalized spacial score (nSPS) is 11.9. The summed E-state index contributed by atoms with van der Waals surface area (Å²) in [5, 5.41) is 2.30. The molecule has 0 fully saturated rings. The smallest absolute Gasteiger partial charge is 0.254 e. The van der Waals surface area contributed by atoms with Crippen LogP contribution in [0.5, 0.6) is 0 Å². The molecule has 0 aliphatic rings. The molecule has 5 heteroatoms. The summed E-state index contributed by atoms with van der Waals surface area (Å²) in [6.45, 7) is 3.16. The van der Waals surface area contributed by atoms with Gasteiger partial charge in [0.05, 0.1) is 5.56 Å². The number of carbonyl (C=O) groups excluding carboxylic acids is 2. The average molecular weight is 224 g/mol. The number of benzene rings is 1. The third-order valence-electron chi connectivity index (χ3n) is 2.14. The van der Waals surface area contributed by atoms with E-state index in [-0.39, 0.29) is 5.56 Å². The third kappa shape index (κ3) is 2.79. The van der Waals surface area contributed by atoms with Crippen molar-refractivity contribution in [3.63, 3.8) is 0 Å². The first kappa shape index (κ1) is 12.2. The molecule has 16 heavy (non-hydrogen) atoms. The summed E-state index contributed by atoms with van der Waals surface area (Å²) in [6, 6.07) is 3.41. The summed E-state index contributed by atoms with van der Waals surface area (Å²) >= 11 is 0. The lowest BCUT2D eigenvalue weighted by Crippen LogP contribution is -2.42. The Hall–Kier alpha value is -1.91. The summed E-state index contributed by atoms with van der Waals surface area (Å²) < 4.78 is 13.4. The molecule has 0 radical (unpaired) electrons. The summed E-state index contributed by atoms with van der Waals surface area (Å²) in [6.07, 6.45) is 0. The van der Waals surface area contributed by atoms with Crippen LogP contribution in [0.25, 0.3) is 0 Å². The van der Waals surface area contributed by atoms with E-state index in [2.05, 4.69) is 5.32 Å². The Bertz CT molecular complexity index is 432. The monoisotopic (exact) mass is 224 g/mol. The van der Waals surface area contributed by atoms with Crippen molar-refractivity contribution >= 4 is 11.8 Å². The van der Waals surface area contributed by atoms with E-state index in [1.165, 1.54) is 19.1 Å². The fourth-order valence-corrected chi connectivity index (χ4v) is 1.15. The maximum absolute atomic E-state index is 13.4. The van der Waals surface area contributed by atoms with Gasteiger partial charge in [0.2, 0.25) is 5.91 Å². The minimum atomic E-state index is -0.826. The van der Waals surface area contributed by atoms with Gasteiger partial charge in [-0.1, -0.05) is 6.07 Å². The van der Waals surface area contributed by atoms with Crippen LogP contribution in [-0.2, 0) is 4.79 Å². The molecule has 0 aliphatic carbocycles. The molecule has 0 aromatic heterocycles. The van der Waals surface area contributed by atoms with E-state index in [0.29, 0.717) is 0 Å². The van der Waals surface area contributed by atoms with Crippen molar-refractivity contribution in [1.82, 2.24) is 5.32 Å². The Labute approximate surface area is 92.6 Å². The molecule has 0 spiro atoms. The van der Waals surface area contributed by atoms with Crippen LogP contribution in [0.15, 0.2) is 18.2 Å². The van der Waals surface area contributed by atoms with Crippen LogP contribution < -0.4 is 11.1 Å². The van der Waals surface area contributed by atoms with Crippen LogP contribution >= 0.6 is 0 Å². The quantitative estimate of drug-likeness (QED) is 0.794. The predicted octanol–water partition coefficient (Wildman–Crippen LogP) is 0.738. The number of halogens is 1. The molecule has 2 amide bonds. The number of hydrogen-bond donors (Lipinski definition) is 2. The third-order valence-corrected chi connectivity index (χ3v) is 2.14. The lowest BCUT2D eigenvalue weighted by molar-refractivity contribution is -0.119. The Kier molecular flexibility index (Phi) is 3.60. The molecule has 0 heterocycles. The molecule has 0 unspecified atom stereocenters. The number of carbonyl (C=O) groups is 2. The fourth-order valence-electron chi connectivity index (χ4n) is 1.15. The molecule has 86 valence electrons. The van der Waals surface area contributed by atoms with Gasteiger partial charge in [-0.3, -0.25) is 9.59 Å². The largest absolute Gasteiger partial charge is 0.368 e. The Morgan fingerprint density at radius 3 is 2.56 bits per heavy atom. The van der Waals surface area contributed by atoms with E-state index in [9.17, 15) is 14.0 Å². The average Bonchev–Trinajstić information content (AvgIpc) is 2.16. The van der Waals surface area contributed by atoms with Crippen molar-refractivity contribution < 1.29 is 14.0 Å². The second-order valence-corrected chi connectivity index (χ2v) is 3.58. The number of aryl methyl sites for hydroxylation is 1. The van der Waals surface area contributed by atoms with Gasteiger partial charge in [-0.15, -0.1) is 0 Å². The maximum Gasteiger partial charge on any atom is 0.254 e. The van der Waals surface area contributed by atoms with E-state index < -0.39 is 23.7 Å². The van der Waals surface area contributed by atoms with Gasteiger partial charge in [0.1, 0.15) is 11.9 Å². The summed E-state index contributed by atoms with van der Waals surface area (Å²) in [5.74, 6) is -1.93. The van der Waals surface area contributed by atoms with Crippen LogP contribution in [0.1, 0.15) is 22.8 Å². The molecule has 0 saturated heterocycles. The standard InChI is InChI=1S/C11H13FN2O2/c1-6-3-4-8(9(12)5-6)11(16)14-7(2)10(13)15/h3-5,7H,1-2H3,(H2,13,15)(H,14,16)/t7-/m1/s1. The van der Waals surface area contributed by atoms with Crippen LogP contribution in [0.3, 0.4) is 0 Å². The van der Waals surface area contributed by atoms with Gasteiger partial charge < -0.3 is 11.1 Å². The second-order valence-electron chi connectivity index (χ2n) is 3.58.